The van der Waals surface area contributed by atoms with E-state index in [0.717, 1.165) is 17.1 Å². The Labute approximate surface area is 300 Å². The van der Waals surface area contributed by atoms with Crippen LogP contribution >= 0.6 is 34.0 Å². The summed E-state index contributed by atoms with van der Waals surface area (Å²) in [5.41, 5.74) is 5.93. The first-order valence-electron chi connectivity index (χ1n) is 16.8. The van der Waals surface area contributed by atoms with Crippen molar-refractivity contribution in [3.63, 3.8) is 0 Å². The van der Waals surface area contributed by atoms with Crippen LogP contribution in [0.3, 0.4) is 0 Å². The fourth-order valence-electron chi connectivity index (χ4n) is 7.60. The third-order valence-corrected chi connectivity index (χ3v) is 13.4. The van der Waals surface area contributed by atoms with Gasteiger partial charge in [-0.25, -0.2) is 0 Å². The van der Waals surface area contributed by atoms with Gasteiger partial charge in [0, 0.05) is 77.6 Å². The number of rotatable bonds is 4. The molecule has 0 N–H and O–H groups in total. The lowest BCUT2D eigenvalue weighted by Gasteiger charge is -2.26. The van der Waals surface area contributed by atoms with Gasteiger partial charge in [-0.3, -0.25) is 0 Å². The molecule has 0 amide bonds. The molecule has 0 aliphatic heterocycles. The Morgan fingerprint density at radius 3 is 1.38 bits per heavy atom. The molecule has 0 aliphatic carbocycles. The number of hydrogen-bond acceptors (Lipinski definition) is 4. The molecule has 0 bridgehead atoms. The van der Waals surface area contributed by atoms with Crippen molar-refractivity contribution in [2.75, 3.05) is 4.90 Å². The molecule has 50 heavy (non-hydrogen) atoms. The number of hydrogen-bond donors (Lipinski definition) is 0. The largest absolute Gasteiger partial charge is 0.310 e. The maximum absolute atomic E-state index is 2.41. The van der Waals surface area contributed by atoms with E-state index in [2.05, 4.69) is 169 Å². The molecule has 234 valence electrons. The predicted molar refractivity (Wildman–Crippen MR) is 223 cm³/mol. The average Bonchev–Trinajstić information content (AvgIpc) is 3.84. The van der Waals surface area contributed by atoms with Gasteiger partial charge in [-0.05, 0) is 88.6 Å². The molecule has 0 radical (unpaired) electrons. The third-order valence-electron chi connectivity index (χ3n) is 10.0. The minimum atomic E-state index is 1.14. The minimum absolute atomic E-state index is 1.14. The summed E-state index contributed by atoms with van der Waals surface area (Å²) < 4.78 is 7.92. The summed E-state index contributed by atoms with van der Waals surface area (Å²) in [5.74, 6) is 0. The summed E-state index contributed by atoms with van der Waals surface area (Å²) in [4.78, 5) is 2.41. The van der Waals surface area contributed by atoms with Gasteiger partial charge in [-0.2, -0.15) is 0 Å². The fourth-order valence-corrected chi connectivity index (χ4v) is 11.1. The fraction of sp³-hybridized carbons (Fsp3) is 0. The zero-order valence-corrected chi connectivity index (χ0v) is 29.2. The van der Waals surface area contributed by atoms with Gasteiger partial charge >= 0.3 is 0 Å². The van der Waals surface area contributed by atoms with E-state index in [0.29, 0.717) is 0 Å². The highest BCUT2D eigenvalue weighted by Crippen LogP contribution is 2.44. The van der Waals surface area contributed by atoms with E-state index < -0.39 is 0 Å². The van der Waals surface area contributed by atoms with Crippen molar-refractivity contribution in [3.8, 4) is 11.1 Å². The molecule has 11 rings (SSSR count). The van der Waals surface area contributed by atoms with Crippen LogP contribution in [0.1, 0.15) is 0 Å². The summed E-state index contributed by atoms with van der Waals surface area (Å²) >= 11 is 5.62. The third kappa shape index (κ3) is 4.43. The van der Waals surface area contributed by atoms with Crippen molar-refractivity contribution in [1.29, 1.82) is 0 Å². The molecular formula is C46H27NS3. The van der Waals surface area contributed by atoms with Crippen LogP contribution in [-0.4, -0.2) is 0 Å². The van der Waals surface area contributed by atoms with Crippen molar-refractivity contribution in [3.05, 3.63) is 164 Å². The van der Waals surface area contributed by atoms with Crippen LogP contribution in [0.4, 0.5) is 17.1 Å². The van der Waals surface area contributed by atoms with E-state index in [1.54, 1.807) is 0 Å². The lowest BCUT2D eigenvalue weighted by molar-refractivity contribution is 1.30. The molecule has 0 saturated carbocycles. The van der Waals surface area contributed by atoms with Gasteiger partial charge in [-0.15, -0.1) is 34.0 Å². The number of nitrogens with zero attached hydrogens (tertiary/aromatic N) is 1. The van der Waals surface area contributed by atoms with E-state index in [-0.39, 0.29) is 0 Å². The van der Waals surface area contributed by atoms with Crippen LogP contribution in [0.15, 0.2) is 164 Å². The predicted octanol–water partition coefficient (Wildman–Crippen LogP) is 15.1. The molecule has 0 fully saturated rings. The highest BCUT2D eigenvalue weighted by atomic mass is 32.1. The summed E-state index contributed by atoms with van der Waals surface area (Å²) in [6.45, 7) is 0. The van der Waals surface area contributed by atoms with Gasteiger partial charge in [0.05, 0.1) is 0 Å². The lowest BCUT2D eigenvalue weighted by atomic mass is 10.0. The van der Waals surface area contributed by atoms with E-state index in [1.165, 1.54) is 82.4 Å². The molecule has 0 atom stereocenters. The molecular weight excluding hydrogens is 663 g/mol. The molecule has 0 spiro atoms. The van der Waals surface area contributed by atoms with Crippen molar-refractivity contribution >= 4 is 122 Å². The molecule has 3 aromatic heterocycles. The molecule has 8 aromatic carbocycles. The summed E-state index contributed by atoms with van der Waals surface area (Å²) in [6.07, 6.45) is 0. The second-order valence-electron chi connectivity index (χ2n) is 12.9. The zero-order valence-electron chi connectivity index (χ0n) is 26.8. The normalized spacial score (nSPS) is 12.0. The Kier molecular flexibility index (Phi) is 6.23. The van der Waals surface area contributed by atoms with Gasteiger partial charge in [0.1, 0.15) is 0 Å². The van der Waals surface area contributed by atoms with Gasteiger partial charge in [0.2, 0.25) is 0 Å². The first-order valence-corrected chi connectivity index (χ1v) is 19.3. The number of anilines is 3. The molecule has 0 aliphatic rings. The van der Waals surface area contributed by atoms with Crippen LogP contribution in [-0.2, 0) is 0 Å². The monoisotopic (exact) mass is 689 g/mol. The second-order valence-corrected chi connectivity index (χ2v) is 16.2. The van der Waals surface area contributed by atoms with E-state index in [9.17, 15) is 0 Å². The van der Waals surface area contributed by atoms with E-state index >= 15 is 0 Å². The molecule has 0 unspecified atom stereocenters. The molecule has 4 heteroatoms. The van der Waals surface area contributed by atoms with Crippen LogP contribution < -0.4 is 4.90 Å². The Morgan fingerprint density at radius 2 is 0.720 bits per heavy atom. The Balaban J connectivity index is 1.03. The molecule has 3 heterocycles. The number of fused-ring (bicyclic) bond motifs is 10. The highest BCUT2D eigenvalue weighted by molar-refractivity contribution is 7.26. The van der Waals surface area contributed by atoms with Crippen LogP contribution in [0, 0.1) is 0 Å². The second kappa shape index (κ2) is 11.0. The van der Waals surface area contributed by atoms with Gasteiger partial charge in [0.15, 0.2) is 0 Å². The topological polar surface area (TPSA) is 3.24 Å². The first-order chi connectivity index (χ1) is 24.7. The maximum atomic E-state index is 2.41. The van der Waals surface area contributed by atoms with Crippen molar-refractivity contribution < 1.29 is 0 Å². The van der Waals surface area contributed by atoms with Gasteiger partial charge < -0.3 is 4.90 Å². The SMILES string of the molecule is c1ccc2cc3c(cc2c1)sc1cc(-c2ccc(N(c4ccc5c(c4)sc4ccccc45)c4ccc5c(c4)sc4ccccc45)cc2)ccc13. The standard InChI is InChI=1S/C46H27NS3/c1-2-8-30-24-44-40(23-29(30)7-1)39-20-15-31(25-43(39)50-44)28-13-16-32(17-14-28)47(33-18-21-37-35-9-3-5-11-41(35)48-45(37)26-33)34-19-22-38-36-10-4-6-12-42(36)49-46(38)27-34/h1-27H. The van der Waals surface area contributed by atoms with Crippen molar-refractivity contribution in [2.24, 2.45) is 0 Å². The first kappa shape index (κ1) is 28.3. The number of benzene rings is 8. The Hall–Kier alpha value is -5.52. The molecule has 11 aromatic rings. The Bertz CT molecular complexity index is 2990. The van der Waals surface area contributed by atoms with Crippen molar-refractivity contribution in [1.82, 2.24) is 0 Å². The minimum Gasteiger partial charge on any atom is -0.310 e. The summed E-state index contributed by atoms with van der Waals surface area (Å²) in [7, 11) is 0. The maximum Gasteiger partial charge on any atom is 0.0476 e. The molecule has 0 saturated heterocycles. The number of thiophene rings is 3. The van der Waals surface area contributed by atoms with Crippen LogP contribution in [0.25, 0.3) is 82.4 Å². The Morgan fingerprint density at radius 1 is 0.280 bits per heavy atom. The average molecular weight is 690 g/mol. The summed E-state index contributed by atoms with van der Waals surface area (Å²) in [5, 5.41) is 10.5. The van der Waals surface area contributed by atoms with Crippen molar-refractivity contribution in [2.45, 2.75) is 0 Å². The quantitative estimate of drug-likeness (QED) is 0.178. The highest BCUT2D eigenvalue weighted by Gasteiger charge is 2.17. The van der Waals surface area contributed by atoms with E-state index in [4.69, 9.17) is 0 Å². The van der Waals surface area contributed by atoms with Gasteiger partial charge in [0.25, 0.3) is 0 Å². The van der Waals surface area contributed by atoms with Gasteiger partial charge in [-0.1, -0.05) is 97.1 Å². The smallest absolute Gasteiger partial charge is 0.0476 e. The summed E-state index contributed by atoms with van der Waals surface area (Å²) in [6, 6.07) is 60.7. The van der Waals surface area contributed by atoms with Crippen LogP contribution in [0.5, 0.6) is 0 Å². The van der Waals surface area contributed by atoms with Crippen LogP contribution in [0.2, 0.25) is 0 Å². The zero-order chi connectivity index (χ0) is 32.8. The van der Waals surface area contributed by atoms with E-state index in [1.807, 2.05) is 34.0 Å². The lowest BCUT2D eigenvalue weighted by Crippen LogP contribution is -2.09. The molecule has 1 nitrogen and oxygen atoms in total.